The van der Waals surface area contributed by atoms with Gasteiger partial charge in [0.25, 0.3) is 0 Å². The minimum absolute atomic E-state index is 0.224. The van der Waals surface area contributed by atoms with Crippen LogP contribution in [0.2, 0.25) is 0 Å². The molecular formula is C15H21NO. The quantitative estimate of drug-likeness (QED) is 0.558. The molecule has 0 bridgehead atoms. The summed E-state index contributed by atoms with van der Waals surface area (Å²) in [7, 11) is 0. The molecule has 0 heterocycles. The van der Waals surface area contributed by atoms with Crippen LogP contribution in [0.5, 0.6) is 5.75 Å². The van der Waals surface area contributed by atoms with Gasteiger partial charge in [0, 0.05) is 18.0 Å². The lowest BCUT2D eigenvalue weighted by Crippen LogP contribution is -2.21. The van der Waals surface area contributed by atoms with Gasteiger partial charge in [-0.25, -0.2) is 0 Å². The van der Waals surface area contributed by atoms with Crippen LogP contribution in [0.1, 0.15) is 44.2 Å². The van der Waals surface area contributed by atoms with Gasteiger partial charge in [0.2, 0.25) is 0 Å². The fraction of sp³-hybridized carbons (Fsp3) is 0.467. The number of hydrogen-bond acceptors (Lipinski definition) is 2. The molecule has 1 rings (SSSR count). The predicted molar refractivity (Wildman–Crippen MR) is 71.8 cm³/mol. The zero-order valence-corrected chi connectivity index (χ0v) is 10.4. The molecule has 0 amide bonds. The van der Waals surface area contributed by atoms with Crippen LogP contribution in [0, 0.1) is 12.3 Å². The van der Waals surface area contributed by atoms with E-state index in [4.69, 9.17) is 6.42 Å². The topological polar surface area (TPSA) is 32.3 Å². The molecular weight excluding hydrogens is 210 g/mol. The van der Waals surface area contributed by atoms with Crippen molar-refractivity contribution in [1.82, 2.24) is 5.32 Å². The Labute approximate surface area is 104 Å². The number of phenols is 1. The first-order chi connectivity index (χ1) is 8.29. The Balaban J connectivity index is 2.44. The summed E-state index contributed by atoms with van der Waals surface area (Å²) < 4.78 is 0. The summed E-state index contributed by atoms with van der Waals surface area (Å²) >= 11 is 0. The number of phenolic OH excluding ortho intramolecular Hbond substituents is 1. The van der Waals surface area contributed by atoms with Crippen LogP contribution in [0.25, 0.3) is 0 Å². The monoisotopic (exact) mass is 231 g/mol. The van der Waals surface area contributed by atoms with Crippen molar-refractivity contribution in [2.24, 2.45) is 0 Å². The minimum atomic E-state index is 0.224. The molecule has 92 valence electrons. The number of para-hydroxylation sites is 1. The molecule has 2 nitrogen and oxygen atoms in total. The van der Waals surface area contributed by atoms with Crippen molar-refractivity contribution >= 4 is 0 Å². The van der Waals surface area contributed by atoms with E-state index in [0.717, 1.165) is 37.8 Å². The van der Waals surface area contributed by atoms with Crippen LogP contribution in [-0.4, -0.2) is 11.7 Å². The standard InChI is InChI=1S/C15H21NO/c1-3-5-6-9-12-16-14(4-2)13-10-7-8-11-15(13)17/h1,7-8,10-11,14,16-17H,4-6,9,12H2,2H3. The highest BCUT2D eigenvalue weighted by Crippen LogP contribution is 2.25. The number of nitrogens with one attached hydrogen (secondary N) is 1. The van der Waals surface area contributed by atoms with Gasteiger partial charge in [0.05, 0.1) is 0 Å². The molecule has 0 spiro atoms. The van der Waals surface area contributed by atoms with Crippen LogP contribution in [0.4, 0.5) is 0 Å². The number of benzene rings is 1. The van der Waals surface area contributed by atoms with Gasteiger partial charge in [-0.05, 0) is 31.9 Å². The highest BCUT2D eigenvalue weighted by Gasteiger charge is 2.11. The van der Waals surface area contributed by atoms with Crippen molar-refractivity contribution < 1.29 is 5.11 Å². The summed E-state index contributed by atoms with van der Waals surface area (Å²) in [6.45, 7) is 3.06. The fourth-order valence-corrected chi connectivity index (χ4v) is 1.88. The maximum atomic E-state index is 9.79. The smallest absolute Gasteiger partial charge is 0.120 e. The zero-order valence-electron chi connectivity index (χ0n) is 10.4. The van der Waals surface area contributed by atoms with Crippen LogP contribution in [0.15, 0.2) is 24.3 Å². The second-order valence-electron chi connectivity index (χ2n) is 4.14. The number of rotatable bonds is 7. The van der Waals surface area contributed by atoms with Gasteiger partial charge in [-0.2, -0.15) is 0 Å². The van der Waals surface area contributed by atoms with E-state index in [-0.39, 0.29) is 6.04 Å². The molecule has 2 heteroatoms. The lowest BCUT2D eigenvalue weighted by Gasteiger charge is -2.18. The number of terminal acetylenes is 1. The summed E-state index contributed by atoms with van der Waals surface area (Å²) in [4.78, 5) is 0. The molecule has 0 saturated carbocycles. The summed E-state index contributed by atoms with van der Waals surface area (Å²) in [6.07, 6.45) is 9.15. The van der Waals surface area contributed by atoms with Gasteiger partial charge in [-0.1, -0.05) is 25.1 Å². The van der Waals surface area contributed by atoms with E-state index < -0.39 is 0 Å². The van der Waals surface area contributed by atoms with E-state index in [1.807, 2.05) is 18.2 Å². The van der Waals surface area contributed by atoms with Crippen molar-refractivity contribution in [3.8, 4) is 18.1 Å². The number of aromatic hydroxyl groups is 1. The number of unbranched alkanes of at least 4 members (excludes halogenated alkanes) is 2. The largest absolute Gasteiger partial charge is 0.508 e. The van der Waals surface area contributed by atoms with Crippen molar-refractivity contribution in [3.63, 3.8) is 0 Å². The molecule has 1 atom stereocenters. The van der Waals surface area contributed by atoms with Crippen LogP contribution in [0.3, 0.4) is 0 Å². The molecule has 0 fully saturated rings. The second kappa shape index (κ2) is 7.76. The van der Waals surface area contributed by atoms with Gasteiger partial charge in [-0.15, -0.1) is 12.3 Å². The fourth-order valence-electron chi connectivity index (χ4n) is 1.88. The molecule has 17 heavy (non-hydrogen) atoms. The predicted octanol–water partition coefficient (Wildman–Crippen LogP) is 3.24. The van der Waals surface area contributed by atoms with E-state index in [1.165, 1.54) is 0 Å². The third-order valence-corrected chi connectivity index (χ3v) is 2.86. The van der Waals surface area contributed by atoms with E-state index >= 15 is 0 Å². The molecule has 0 radical (unpaired) electrons. The molecule has 0 aliphatic carbocycles. The van der Waals surface area contributed by atoms with Crippen LogP contribution in [-0.2, 0) is 0 Å². The maximum Gasteiger partial charge on any atom is 0.120 e. The van der Waals surface area contributed by atoms with Gasteiger partial charge in [0.15, 0.2) is 0 Å². The summed E-state index contributed by atoms with van der Waals surface area (Å²) in [5, 5.41) is 13.2. The van der Waals surface area contributed by atoms with E-state index in [9.17, 15) is 5.11 Å². The summed E-state index contributed by atoms with van der Waals surface area (Å²) in [6, 6.07) is 7.73. The average molecular weight is 231 g/mol. The van der Waals surface area contributed by atoms with E-state index in [1.54, 1.807) is 6.07 Å². The maximum absolute atomic E-state index is 9.79. The van der Waals surface area contributed by atoms with Crippen molar-refractivity contribution in [1.29, 1.82) is 0 Å². The third kappa shape index (κ3) is 4.50. The molecule has 0 aliphatic rings. The number of hydrogen-bond donors (Lipinski definition) is 2. The summed E-state index contributed by atoms with van der Waals surface area (Å²) in [5.41, 5.74) is 0.979. The third-order valence-electron chi connectivity index (χ3n) is 2.86. The molecule has 1 aromatic rings. The van der Waals surface area contributed by atoms with Gasteiger partial charge in [0.1, 0.15) is 5.75 Å². The molecule has 2 N–H and O–H groups in total. The Bertz CT molecular complexity index is 367. The normalized spacial score (nSPS) is 12.0. The minimum Gasteiger partial charge on any atom is -0.508 e. The zero-order chi connectivity index (χ0) is 12.5. The molecule has 0 saturated heterocycles. The first-order valence-electron chi connectivity index (χ1n) is 6.24. The first-order valence-corrected chi connectivity index (χ1v) is 6.24. The Morgan fingerprint density at radius 3 is 2.76 bits per heavy atom. The molecule has 0 aromatic heterocycles. The Kier molecular flexibility index (Phi) is 6.21. The Morgan fingerprint density at radius 1 is 1.35 bits per heavy atom. The Morgan fingerprint density at radius 2 is 2.12 bits per heavy atom. The second-order valence-corrected chi connectivity index (χ2v) is 4.14. The lowest BCUT2D eigenvalue weighted by molar-refractivity contribution is 0.439. The molecule has 1 aromatic carbocycles. The van der Waals surface area contributed by atoms with Crippen LogP contribution < -0.4 is 5.32 Å². The van der Waals surface area contributed by atoms with Crippen molar-refractivity contribution in [2.45, 2.75) is 38.6 Å². The van der Waals surface area contributed by atoms with E-state index in [0.29, 0.717) is 5.75 Å². The highest BCUT2D eigenvalue weighted by atomic mass is 16.3. The lowest BCUT2D eigenvalue weighted by atomic mass is 10.0. The van der Waals surface area contributed by atoms with Crippen LogP contribution >= 0.6 is 0 Å². The van der Waals surface area contributed by atoms with Gasteiger partial charge in [-0.3, -0.25) is 0 Å². The van der Waals surface area contributed by atoms with Gasteiger partial charge >= 0.3 is 0 Å². The van der Waals surface area contributed by atoms with Gasteiger partial charge < -0.3 is 10.4 Å². The highest BCUT2D eigenvalue weighted by molar-refractivity contribution is 5.34. The van der Waals surface area contributed by atoms with Crippen molar-refractivity contribution in [3.05, 3.63) is 29.8 Å². The molecule has 1 unspecified atom stereocenters. The summed E-state index contributed by atoms with van der Waals surface area (Å²) in [5.74, 6) is 3.01. The average Bonchev–Trinajstić information content (AvgIpc) is 2.35. The van der Waals surface area contributed by atoms with Crippen molar-refractivity contribution in [2.75, 3.05) is 6.54 Å². The Hall–Kier alpha value is -1.46. The first kappa shape index (κ1) is 13.6. The van der Waals surface area contributed by atoms with E-state index in [2.05, 4.69) is 18.2 Å². The SMILES string of the molecule is C#CCCCCNC(CC)c1ccccc1O. The molecule has 0 aliphatic heterocycles.